The summed E-state index contributed by atoms with van der Waals surface area (Å²) >= 11 is 5.92. The van der Waals surface area contributed by atoms with Gasteiger partial charge >= 0.3 is 0 Å². The summed E-state index contributed by atoms with van der Waals surface area (Å²) in [6.45, 7) is 0. The second-order valence-corrected chi connectivity index (χ2v) is 3.85. The first kappa shape index (κ1) is 9.43. The topological polar surface area (TPSA) is 26.0 Å². The van der Waals surface area contributed by atoms with Crippen LogP contribution in [0.2, 0.25) is 5.02 Å². The van der Waals surface area contributed by atoms with Crippen molar-refractivity contribution in [2.45, 2.75) is 0 Å². The predicted molar refractivity (Wildman–Crippen MR) is 63.3 cm³/mol. The van der Waals surface area contributed by atoms with Crippen molar-refractivity contribution in [3.63, 3.8) is 0 Å². The van der Waals surface area contributed by atoms with Crippen molar-refractivity contribution in [1.82, 2.24) is 4.98 Å². The summed E-state index contributed by atoms with van der Waals surface area (Å²) in [7, 11) is 0. The van der Waals surface area contributed by atoms with Crippen molar-refractivity contribution in [3.05, 3.63) is 53.6 Å². The van der Waals surface area contributed by atoms with Gasteiger partial charge in [-0.1, -0.05) is 29.8 Å². The van der Waals surface area contributed by atoms with E-state index in [1.165, 1.54) is 0 Å². The number of benzene rings is 2. The molecule has 0 saturated carbocycles. The Bertz CT molecular complexity index is 612. The van der Waals surface area contributed by atoms with Crippen LogP contribution in [0.1, 0.15) is 0 Å². The van der Waals surface area contributed by atoms with Crippen molar-refractivity contribution >= 4 is 22.7 Å². The smallest absolute Gasteiger partial charge is 0.227 e. The lowest BCUT2D eigenvalue weighted by Gasteiger charge is -1.94. The van der Waals surface area contributed by atoms with E-state index in [0.29, 0.717) is 16.5 Å². The molecule has 0 aliphatic rings. The van der Waals surface area contributed by atoms with Crippen LogP contribution in [0.4, 0.5) is 0 Å². The highest BCUT2D eigenvalue weighted by molar-refractivity contribution is 6.30. The Labute approximate surface area is 97.5 Å². The van der Waals surface area contributed by atoms with Crippen LogP contribution < -0.4 is 0 Å². The third kappa shape index (κ3) is 1.57. The fraction of sp³-hybridized carbons (Fsp3) is 0. The van der Waals surface area contributed by atoms with Crippen LogP contribution in [-0.4, -0.2) is 4.98 Å². The normalized spacial score (nSPS) is 10.8. The average molecular weight is 229 g/mol. The molecule has 0 aliphatic heterocycles. The zero-order valence-electron chi connectivity index (χ0n) is 8.27. The molecule has 77 valence electrons. The fourth-order valence-corrected chi connectivity index (χ4v) is 1.75. The van der Waals surface area contributed by atoms with E-state index in [4.69, 9.17) is 16.0 Å². The lowest BCUT2D eigenvalue weighted by atomic mass is 10.2. The van der Waals surface area contributed by atoms with Gasteiger partial charge in [0, 0.05) is 16.7 Å². The summed E-state index contributed by atoms with van der Waals surface area (Å²) in [5.41, 5.74) is 2.34. The lowest BCUT2D eigenvalue weighted by molar-refractivity contribution is 0.619. The van der Waals surface area contributed by atoms with Gasteiger partial charge in [-0.05, 0) is 24.3 Å². The van der Waals surface area contributed by atoms with Gasteiger partial charge in [0.2, 0.25) is 5.89 Å². The molecule has 3 rings (SSSR count). The Kier molecular flexibility index (Phi) is 2.15. The molecule has 3 aromatic rings. The highest BCUT2D eigenvalue weighted by atomic mass is 35.5. The molecule has 0 fully saturated rings. The monoisotopic (exact) mass is 228 g/mol. The zero-order valence-corrected chi connectivity index (χ0v) is 9.03. The van der Waals surface area contributed by atoms with E-state index >= 15 is 0 Å². The van der Waals surface area contributed by atoms with E-state index in [0.717, 1.165) is 11.1 Å². The predicted octanol–water partition coefficient (Wildman–Crippen LogP) is 3.95. The maximum Gasteiger partial charge on any atom is 0.227 e. The Morgan fingerprint density at radius 2 is 2.12 bits per heavy atom. The van der Waals surface area contributed by atoms with Crippen LogP contribution in [0.5, 0.6) is 0 Å². The SMILES string of the molecule is Clc1cccc(-c2nc3ccc[c]c3o2)c1. The molecule has 1 heterocycles. The van der Waals surface area contributed by atoms with E-state index in [-0.39, 0.29) is 0 Å². The van der Waals surface area contributed by atoms with Gasteiger partial charge in [0.05, 0.1) is 0 Å². The molecular formula is C13H7ClNO. The first-order chi connectivity index (χ1) is 7.83. The number of hydrogen-bond acceptors (Lipinski definition) is 2. The fourth-order valence-electron chi connectivity index (χ4n) is 1.56. The van der Waals surface area contributed by atoms with Crippen molar-refractivity contribution < 1.29 is 4.42 Å². The number of fused-ring (bicyclic) bond motifs is 1. The van der Waals surface area contributed by atoms with Crippen LogP contribution in [0.15, 0.2) is 46.9 Å². The third-order valence-corrected chi connectivity index (χ3v) is 2.52. The quantitative estimate of drug-likeness (QED) is 0.630. The molecule has 0 atom stereocenters. The minimum atomic E-state index is 0.569. The summed E-state index contributed by atoms with van der Waals surface area (Å²) in [6.07, 6.45) is 0. The number of rotatable bonds is 1. The second kappa shape index (κ2) is 3.65. The van der Waals surface area contributed by atoms with Crippen molar-refractivity contribution in [1.29, 1.82) is 0 Å². The summed E-state index contributed by atoms with van der Waals surface area (Å²) in [5.74, 6) is 0.569. The van der Waals surface area contributed by atoms with Gasteiger partial charge in [0.1, 0.15) is 5.52 Å². The summed E-state index contributed by atoms with van der Waals surface area (Å²) < 4.78 is 5.58. The minimum Gasteiger partial charge on any atom is -0.435 e. The first-order valence-corrected chi connectivity index (χ1v) is 5.24. The number of para-hydroxylation sites is 1. The summed E-state index contributed by atoms with van der Waals surface area (Å²) in [5, 5.41) is 0.670. The van der Waals surface area contributed by atoms with E-state index in [2.05, 4.69) is 11.1 Å². The summed E-state index contributed by atoms with van der Waals surface area (Å²) in [4.78, 5) is 4.37. The molecular weight excluding hydrogens is 222 g/mol. The Morgan fingerprint density at radius 3 is 2.94 bits per heavy atom. The molecule has 2 aromatic carbocycles. The van der Waals surface area contributed by atoms with Gasteiger partial charge < -0.3 is 4.42 Å². The lowest BCUT2D eigenvalue weighted by Crippen LogP contribution is -1.75. The number of nitrogens with zero attached hydrogens (tertiary/aromatic N) is 1. The number of aromatic nitrogens is 1. The van der Waals surface area contributed by atoms with Gasteiger partial charge in [-0.15, -0.1) is 0 Å². The number of hydrogen-bond donors (Lipinski definition) is 0. The molecule has 0 spiro atoms. The standard InChI is InChI=1S/C13H7ClNO/c14-10-5-3-4-9(8-10)13-15-11-6-1-2-7-12(11)16-13/h1-6,8H. The maximum absolute atomic E-state index is 5.92. The Morgan fingerprint density at radius 1 is 1.19 bits per heavy atom. The minimum absolute atomic E-state index is 0.569. The third-order valence-electron chi connectivity index (χ3n) is 2.29. The second-order valence-electron chi connectivity index (χ2n) is 3.41. The van der Waals surface area contributed by atoms with Crippen molar-refractivity contribution in [2.75, 3.05) is 0 Å². The zero-order chi connectivity index (χ0) is 11.0. The molecule has 0 saturated heterocycles. The molecule has 3 heteroatoms. The molecule has 2 nitrogen and oxygen atoms in total. The maximum atomic E-state index is 5.92. The van der Waals surface area contributed by atoms with Gasteiger partial charge in [-0.25, -0.2) is 4.98 Å². The van der Waals surface area contributed by atoms with Crippen molar-refractivity contribution in [3.8, 4) is 11.5 Å². The van der Waals surface area contributed by atoms with E-state index < -0.39 is 0 Å². The number of oxazole rings is 1. The largest absolute Gasteiger partial charge is 0.435 e. The Hall–Kier alpha value is -1.80. The van der Waals surface area contributed by atoms with E-state index in [9.17, 15) is 0 Å². The number of halogens is 1. The van der Waals surface area contributed by atoms with E-state index in [1.54, 1.807) is 6.07 Å². The molecule has 0 aliphatic carbocycles. The molecule has 0 N–H and O–H groups in total. The first-order valence-electron chi connectivity index (χ1n) is 4.86. The molecule has 0 amide bonds. The van der Waals surface area contributed by atoms with Crippen molar-refractivity contribution in [2.24, 2.45) is 0 Å². The molecule has 1 aromatic heterocycles. The van der Waals surface area contributed by atoms with Crippen LogP contribution >= 0.6 is 11.6 Å². The Balaban J connectivity index is 2.19. The van der Waals surface area contributed by atoms with Crippen LogP contribution in [0.3, 0.4) is 0 Å². The van der Waals surface area contributed by atoms with Crippen LogP contribution in [0.25, 0.3) is 22.6 Å². The van der Waals surface area contributed by atoms with Crippen LogP contribution in [-0.2, 0) is 0 Å². The highest BCUT2D eigenvalue weighted by Gasteiger charge is 2.07. The highest BCUT2D eigenvalue weighted by Crippen LogP contribution is 2.25. The van der Waals surface area contributed by atoms with Gasteiger partial charge in [0.15, 0.2) is 5.58 Å². The molecule has 0 unspecified atom stereocenters. The molecule has 16 heavy (non-hydrogen) atoms. The van der Waals surface area contributed by atoms with Gasteiger partial charge in [-0.2, -0.15) is 0 Å². The van der Waals surface area contributed by atoms with Crippen LogP contribution in [0, 0.1) is 6.07 Å². The molecule has 1 radical (unpaired) electrons. The summed E-state index contributed by atoms with van der Waals surface area (Å²) in [6, 6.07) is 16.0. The average Bonchev–Trinajstić information content (AvgIpc) is 2.72. The van der Waals surface area contributed by atoms with Gasteiger partial charge in [-0.3, -0.25) is 0 Å². The molecule has 0 bridgehead atoms. The van der Waals surface area contributed by atoms with E-state index in [1.807, 2.05) is 36.4 Å². The van der Waals surface area contributed by atoms with Gasteiger partial charge in [0.25, 0.3) is 0 Å².